The fraction of sp³-hybridized carbons (Fsp3) is 0.971. The van der Waals surface area contributed by atoms with E-state index in [1.807, 2.05) is 0 Å². The number of hydrogen-bond acceptors (Lipinski definition) is 4. The van der Waals surface area contributed by atoms with Gasteiger partial charge in [0.25, 0.3) is 0 Å². The molecule has 1 aliphatic carbocycles. The van der Waals surface area contributed by atoms with Crippen LogP contribution in [0.1, 0.15) is 168 Å². The van der Waals surface area contributed by atoms with Gasteiger partial charge >= 0.3 is 5.97 Å². The lowest BCUT2D eigenvalue weighted by Crippen LogP contribution is -2.33. The molecule has 0 spiro atoms. The van der Waals surface area contributed by atoms with Crippen molar-refractivity contribution >= 4 is 5.97 Å². The van der Waals surface area contributed by atoms with Crippen molar-refractivity contribution in [3.05, 3.63) is 0 Å². The topological polar surface area (TPSA) is 32.8 Å². The summed E-state index contributed by atoms with van der Waals surface area (Å²) >= 11 is 0. The Labute approximate surface area is 245 Å². The van der Waals surface area contributed by atoms with E-state index < -0.39 is 0 Å². The summed E-state index contributed by atoms with van der Waals surface area (Å²) in [4.78, 5) is 17.5. The minimum Gasteiger partial charge on any atom is -0.462 e. The molecule has 0 aromatic rings. The molecule has 0 aromatic heterocycles. The van der Waals surface area contributed by atoms with E-state index in [1.165, 1.54) is 142 Å². The molecule has 4 heteroatoms. The average molecular weight is 551 g/mol. The van der Waals surface area contributed by atoms with E-state index in [9.17, 15) is 4.79 Å². The third kappa shape index (κ3) is 23.8. The maximum Gasteiger partial charge on any atom is 0.306 e. The smallest absolute Gasteiger partial charge is 0.306 e. The van der Waals surface area contributed by atoms with Crippen LogP contribution in [0.25, 0.3) is 0 Å². The Morgan fingerprint density at radius 1 is 0.615 bits per heavy atom. The fourth-order valence-electron chi connectivity index (χ4n) is 5.97. The van der Waals surface area contributed by atoms with Crippen molar-refractivity contribution in [3.8, 4) is 0 Å². The summed E-state index contributed by atoms with van der Waals surface area (Å²) in [6.07, 6.45) is 30.7. The van der Waals surface area contributed by atoms with E-state index in [-0.39, 0.29) is 12.1 Å². The first kappa shape index (κ1) is 36.4. The van der Waals surface area contributed by atoms with Gasteiger partial charge in [-0.2, -0.15) is 0 Å². The van der Waals surface area contributed by atoms with Gasteiger partial charge in [-0.1, -0.05) is 117 Å². The molecule has 0 radical (unpaired) electrons. The first-order valence-corrected chi connectivity index (χ1v) is 17.6. The van der Waals surface area contributed by atoms with Crippen LogP contribution >= 0.6 is 0 Å². The Morgan fingerprint density at radius 2 is 1.15 bits per heavy atom. The van der Waals surface area contributed by atoms with Crippen LogP contribution in [0, 0.1) is 5.92 Å². The molecule has 0 aliphatic heterocycles. The zero-order valence-corrected chi connectivity index (χ0v) is 27.2. The maximum atomic E-state index is 12.5. The summed E-state index contributed by atoms with van der Waals surface area (Å²) in [7, 11) is 4.37. The standard InChI is InChI=1S/C35H70N2O2/c1-5-6-7-8-9-10-11-17-22-29-37(32-31-36(3)4)30-23-18-13-16-21-26-35(38)39-34-25-20-15-12-14-19-24-33(2)27-28-34/h33-34H,5-32H2,1-4H3/t33-,34?/m0/s1. The predicted molar refractivity (Wildman–Crippen MR) is 171 cm³/mol. The zero-order valence-electron chi connectivity index (χ0n) is 27.2. The molecule has 1 aliphatic rings. The summed E-state index contributed by atoms with van der Waals surface area (Å²) in [5, 5.41) is 0. The van der Waals surface area contributed by atoms with E-state index in [4.69, 9.17) is 4.74 Å². The Hall–Kier alpha value is -0.610. The number of unbranched alkanes of at least 4 members (excludes halogenated alkanes) is 12. The first-order valence-electron chi connectivity index (χ1n) is 17.6. The van der Waals surface area contributed by atoms with Gasteiger partial charge in [-0.25, -0.2) is 0 Å². The van der Waals surface area contributed by atoms with Crippen LogP contribution in [0.15, 0.2) is 0 Å². The van der Waals surface area contributed by atoms with Gasteiger partial charge in [0.05, 0.1) is 0 Å². The van der Waals surface area contributed by atoms with E-state index in [0.717, 1.165) is 38.1 Å². The van der Waals surface area contributed by atoms with Gasteiger partial charge in [-0.3, -0.25) is 4.79 Å². The van der Waals surface area contributed by atoms with Crippen LogP contribution < -0.4 is 0 Å². The van der Waals surface area contributed by atoms with Crippen LogP contribution in [0.2, 0.25) is 0 Å². The fourth-order valence-corrected chi connectivity index (χ4v) is 5.97. The highest BCUT2D eigenvalue weighted by Gasteiger charge is 2.16. The number of esters is 1. The number of likely N-dealkylation sites (N-methyl/N-ethyl adjacent to an activating group) is 1. The molecule has 0 saturated heterocycles. The highest BCUT2D eigenvalue weighted by Crippen LogP contribution is 2.23. The molecule has 232 valence electrons. The molecule has 1 saturated carbocycles. The van der Waals surface area contributed by atoms with E-state index in [0.29, 0.717) is 6.42 Å². The minimum absolute atomic E-state index is 0.0540. The normalized spacial score (nSPS) is 19.3. The lowest BCUT2D eigenvalue weighted by atomic mass is 9.96. The van der Waals surface area contributed by atoms with Crippen LogP contribution in [-0.4, -0.2) is 62.1 Å². The largest absolute Gasteiger partial charge is 0.462 e. The van der Waals surface area contributed by atoms with Crippen molar-refractivity contribution < 1.29 is 9.53 Å². The maximum absolute atomic E-state index is 12.5. The van der Waals surface area contributed by atoms with Gasteiger partial charge < -0.3 is 14.5 Å². The van der Waals surface area contributed by atoms with Gasteiger partial charge in [0.2, 0.25) is 0 Å². The number of hydrogen-bond donors (Lipinski definition) is 0. The van der Waals surface area contributed by atoms with Crippen molar-refractivity contribution in [2.75, 3.05) is 40.3 Å². The van der Waals surface area contributed by atoms with Gasteiger partial charge in [0, 0.05) is 19.5 Å². The third-order valence-corrected chi connectivity index (χ3v) is 8.80. The SMILES string of the molecule is CCCCCCCCCCCN(CCCCCCCC(=O)OC1CCCCCCC[C@H](C)CC1)CCN(C)C. The summed E-state index contributed by atoms with van der Waals surface area (Å²) in [6.45, 7) is 9.50. The predicted octanol–water partition coefficient (Wildman–Crippen LogP) is 9.79. The summed E-state index contributed by atoms with van der Waals surface area (Å²) in [5.74, 6) is 0.826. The second-order valence-corrected chi connectivity index (χ2v) is 13.1. The minimum atomic E-state index is 0.0540. The summed E-state index contributed by atoms with van der Waals surface area (Å²) < 4.78 is 5.95. The van der Waals surface area contributed by atoms with E-state index >= 15 is 0 Å². The molecule has 0 bridgehead atoms. The van der Waals surface area contributed by atoms with Crippen molar-refractivity contribution in [1.29, 1.82) is 0 Å². The molecule has 1 rings (SSSR count). The molecule has 0 N–H and O–H groups in total. The highest BCUT2D eigenvalue weighted by molar-refractivity contribution is 5.69. The number of carbonyl (C=O) groups excluding carboxylic acids is 1. The Morgan fingerprint density at radius 3 is 1.77 bits per heavy atom. The Balaban J connectivity index is 2.13. The second kappa shape index (κ2) is 26.3. The molecular formula is C35H70N2O2. The lowest BCUT2D eigenvalue weighted by Gasteiger charge is -2.24. The number of rotatable bonds is 22. The summed E-state index contributed by atoms with van der Waals surface area (Å²) in [6, 6.07) is 0. The first-order chi connectivity index (χ1) is 19.0. The van der Waals surface area contributed by atoms with Crippen LogP contribution in [-0.2, 0) is 9.53 Å². The van der Waals surface area contributed by atoms with Crippen molar-refractivity contribution in [2.24, 2.45) is 5.92 Å². The average Bonchev–Trinajstić information content (AvgIpc) is 2.95. The van der Waals surface area contributed by atoms with Gasteiger partial charge in [-0.05, 0) is 78.0 Å². The molecule has 4 nitrogen and oxygen atoms in total. The number of carbonyl (C=O) groups is 1. The molecule has 0 amide bonds. The van der Waals surface area contributed by atoms with Gasteiger partial charge in [-0.15, -0.1) is 0 Å². The van der Waals surface area contributed by atoms with Crippen molar-refractivity contribution in [2.45, 2.75) is 174 Å². The van der Waals surface area contributed by atoms with Crippen molar-refractivity contribution in [1.82, 2.24) is 9.80 Å². The molecular weight excluding hydrogens is 480 g/mol. The quantitative estimate of drug-likeness (QED) is 0.0992. The van der Waals surface area contributed by atoms with Crippen LogP contribution in [0.5, 0.6) is 0 Å². The number of ether oxygens (including phenoxy) is 1. The Kier molecular flexibility index (Phi) is 24.6. The van der Waals surface area contributed by atoms with Gasteiger partial charge in [0.15, 0.2) is 0 Å². The molecule has 39 heavy (non-hydrogen) atoms. The van der Waals surface area contributed by atoms with Gasteiger partial charge in [0.1, 0.15) is 6.10 Å². The molecule has 0 aromatic carbocycles. The molecule has 0 heterocycles. The second-order valence-electron chi connectivity index (χ2n) is 13.1. The van der Waals surface area contributed by atoms with E-state index in [1.54, 1.807) is 0 Å². The lowest BCUT2D eigenvalue weighted by molar-refractivity contribution is -0.150. The zero-order chi connectivity index (χ0) is 28.4. The third-order valence-electron chi connectivity index (χ3n) is 8.80. The number of nitrogens with zero attached hydrogens (tertiary/aromatic N) is 2. The molecule has 1 fully saturated rings. The molecule has 1 unspecified atom stereocenters. The Bertz CT molecular complexity index is 539. The van der Waals surface area contributed by atoms with Crippen LogP contribution in [0.3, 0.4) is 0 Å². The monoisotopic (exact) mass is 551 g/mol. The summed E-state index contributed by atoms with van der Waals surface area (Å²) in [5.41, 5.74) is 0. The van der Waals surface area contributed by atoms with Crippen LogP contribution in [0.4, 0.5) is 0 Å². The molecule has 2 atom stereocenters. The van der Waals surface area contributed by atoms with E-state index in [2.05, 4.69) is 37.7 Å². The van der Waals surface area contributed by atoms with Crippen molar-refractivity contribution in [3.63, 3.8) is 0 Å². The highest BCUT2D eigenvalue weighted by atomic mass is 16.5.